The van der Waals surface area contributed by atoms with Gasteiger partial charge in [-0.15, -0.1) is 0 Å². The summed E-state index contributed by atoms with van der Waals surface area (Å²) in [6.07, 6.45) is 1.63. The van der Waals surface area contributed by atoms with Gasteiger partial charge in [0.15, 0.2) is 0 Å². The molecule has 18 heavy (non-hydrogen) atoms. The largest absolute Gasteiger partial charge is 0.508 e. The van der Waals surface area contributed by atoms with Gasteiger partial charge in [0.2, 0.25) is 0 Å². The van der Waals surface area contributed by atoms with E-state index in [0.29, 0.717) is 5.75 Å². The molecule has 0 amide bonds. The van der Waals surface area contributed by atoms with E-state index < -0.39 is 0 Å². The van der Waals surface area contributed by atoms with E-state index >= 15 is 0 Å². The minimum Gasteiger partial charge on any atom is -0.508 e. The van der Waals surface area contributed by atoms with Crippen LogP contribution < -0.4 is 0 Å². The molecule has 0 bridgehead atoms. The molecule has 0 unspecified atom stereocenters. The van der Waals surface area contributed by atoms with Crippen molar-refractivity contribution in [1.82, 2.24) is 0 Å². The molecular formula is C16H18O2. The van der Waals surface area contributed by atoms with Crippen molar-refractivity contribution in [2.45, 2.75) is 26.7 Å². The molecule has 0 radical (unpaired) electrons. The monoisotopic (exact) mass is 242 g/mol. The molecule has 0 saturated heterocycles. The Morgan fingerprint density at radius 2 is 1.67 bits per heavy atom. The first-order valence-electron chi connectivity index (χ1n) is 6.30. The van der Waals surface area contributed by atoms with E-state index in [4.69, 9.17) is 0 Å². The van der Waals surface area contributed by atoms with Gasteiger partial charge in [0.05, 0.1) is 0 Å². The standard InChI is InChI=1S/C16H18O2/c1-3-11-10-12(17)8-9-14(11)15-6-5-7-16(18)13(15)4-2/h5-10,17-18H,3-4H2,1-2H3. The van der Waals surface area contributed by atoms with E-state index in [1.165, 1.54) is 0 Å². The fraction of sp³-hybridized carbons (Fsp3) is 0.250. The second-order valence-corrected chi connectivity index (χ2v) is 4.35. The fourth-order valence-corrected chi connectivity index (χ4v) is 2.33. The summed E-state index contributed by atoms with van der Waals surface area (Å²) in [7, 11) is 0. The quantitative estimate of drug-likeness (QED) is 0.857. The molecule has 2 aromatic carbocycles. The van der Waals surface area contributed by atoms with Crippen molar-refractivity contribution in [2.24, 2.45) is 0 Å². The summed E-state index contributed by atoms with van der Waals surface area (Å²) in [5.41, 5.74) is 4.19. The molecule has 2 rings (SSSR count). The molecule has 2 aromatic rings. The summed E-state index contributed by atoms with van der Waals surface area (Å²) >= 11 is 0. The van der Waals surface area contributed by atoms with Crippen molar-refractivity contribution < 1.29 is 10.2 Å². The lowest BCUT2D eigenvalue weighted by Gasteiger charge is -2.13. The van der Waals surface area contributed by atoms with Crippen LogP contribution in [0, 0.1) is 0 Å². The third-order valence-corrected chi connectivity index (χ3v) is 3.26. The van der Waals surface area contributed by atoms with Gasteiger partial charge in [-0.05, 0) is 47.7 Å². The summed E-state index contributed by atoms with van der Waals surface area (Å²) in [5.74, 6) is 0.624. The van der Waals surface area contributed by atoms with Crippen molar-refractivity contribution in [3.05, 3.63) is 47.5 Å². The minimum absolute atomic E-state index is 0.286. The van der Waals surface area contributed by atoms with Crippen molar-refractivity contribution in [2.75, 3.05) is 0 Å². The molecule has 0 spiro atoms. The van der Waals surface area contributed by atoms with Crippen molar-refractivity contribution in [1.29, 1.82) is 0 Å². The predicted octanol–water partition coefficient (Wildman–Crippen LogP) is 3.89. The third-order valence-electron chi connectivity index (χ3n) is 3.26. The maximum Gasteiger partial charge on any atom is 0.119 e. The topological polar surface area (TPSA) is 40.5 Å². The van der Waals surface area contributed by atoms with Crippen LogP contribution in [0.1, 0.15) is 25.0 Å². The van der Waals surface area contributed by atoms with Gasteiger partial charge in [0, 0.05) is 5.56 Å². The van der Waals surface area contributed by atoms with Gasteiger partial charge in [-0.3, -0.25) is 0 Å². The van der Waals surface area contributed by atoms with Crippen LogP contribution in [0.2, 0.25) is 0 Å². The molecule has 2 nitrogen and oxygen atoms in total. The van der Waals surface area contributed by atoms with Crippen molar-refractivity contribution in [3.63, 3.8) is 0 Å². The molecule has 0 aliphatic carbocycles. The molecule has 0 aromatic heterocycles. The molecule has 0 aliphatic rings. The van der Waals surface area contributed by atoms with Crippen LogP contribution in [0.4, 0.5) is 0 Å². The lowest BCUT2D eigenvalue weighted by atomic mass is 9.92. The van der Waals surface area contributed by atoms with Crippen LogP contribution in [0.15, 0.2) is 36.4 Å². The van der Waals surface area contributed by atoms with Gasteiger partial charge in [-0.1, -0.05) is 32.0 Å². The Balaban J connectivity index is 2.65. The summed E-state index contributed by atoms with van der Waals surface area (Å²) in [6.45, 7) is 4.09. The minimum atomic E-state index is 0.286. The van der Waals surface area contributed by atoms with Crippen LogP contribution >= 0.6 is 0 Å². The van der Waals surface area contributed by atoms with E-state index in [0.717, 1.165) is 35.1 Å². The van der Waals surface area contributed by atoms with Crippen molar-refractivity contribution in [3.8, 4) is 22.6 Å². The molecule has 94 valence electrons. The Morgan fingerprint density at radius 3 is 2.33 bits per heavy atom. The summed E-state index contributed by atoms with van der Waals surface area (Å²) in [5, 5.41) is 19.5. The van der Waals surface area contributed by atoms with Gasteiger partial charge < -0.3 is 10.2 Å². The van der Waals surface area contributed by atoms with Crippen LogP contribution in [0.3, 0.4) is 0 Å². The number of rotatable bonds is 3. The Bertz CT molecular complexity index is 559. The zero-order valence-electron chi connectivity index (χ0n) is 10.8. The zero-order chi connectivity index (χ0) is 13.1. The Hall–Kier alpha value is -1.96. The Labute approximate surface area is 108 Å². The van der Waals surface area contributed by atoms with Gasteiger partial charge >= 0.3 is 0 Å². The number of phenols is 2. The van der Waals surface area contributed by atoms with E-state index in [9.17, 15) is 10.2 Å². The van der Waals surface area contributed by atoms with Crippen molar-refractivity contribution >= 4 is 0 Å². The van der Waals surface area contributed by atoms with Gasteiger partial charge in [0.25, 0.3) is 0 Å². The lowest BCUT2D eigenvalue weighted by Crippen LogP contribution is -1.93. The smallest absolute Gasteiger partial charge is 0.119 e. The maximum absolute atomic E-state index is 9.92. The van der Waals surface area contributed by atoms with Crippen LogP contribution in [0.5, 0.6) is 11.5 Å². The highest BCUT2D eigenvalue weighted by atomic mass is 16.3. The SMILES string of the molecule is CCc1cc(O)ccc1-c1cccc(O)c1CC. The number of hydrogen-bond acceptors (Lipinski definition) is 2. The second-order valence-electron chi connectivity index (χ2n) is 4.35. The first-order chi connectivity index (χ1) is 8.67. The lowest BCUT2D eigenvalue weighted by molar-refractivity contribution is 0.469. The summed E-state index contributed by atoms with van der Waals surface area (Å²) in [6, 6.07) is 11.0. The van der Waals surface area contributed by atoms with Crippen LogP contribution in [-0.2, 0) is 12.8 Å². The van der Waals surface area contributed by atoms with E-state index in [1.807, 2.05) is 25.1 Å². The first-order valence-corrected chi connectivity index (χ1v) is 6.30. The normalized spacial score (nSPS) is 10.6. The number of aryl methyl sites for hydroxylation is 1. The van der Waals surface area contributed by atoms with E-state index in [1.54, 1.807) is 18.2 Å². The first kappa shape index (κ1) is 12.5. The second kappa shape index (κ2) is 5.13. The Morgan fingerprint density at radius 1 is 0.889 bits per heavy atom. The fourth-order valence-electron chi connectivity index (χ4n) is 2.33. The molecule has 0 fully saturated rings. The number of phenolic OH excluding ortho intramolecular Hbond substituents is 2. The summed E-state index contributed by atoms with van der Waals surface area (Å²) in [4.78, 5) is 0. The third kappa shape index (κ3) is 2.19. The highest BCUT2D eigenvalue weighted by Crippen LogP contribution is 2.34. The highest BCUT2D eigenvalue weighted by Gasteiger charge is 2.11. The molecule has 0 aliphatic heterocycles. The van der Waals surface area contributed by atoms with Gasteiger partial charge in [0.1, 0.15) is 11.5 Å². The number of aromatic hydroxyl groups is 2. The molecular weight excluding hydrogens is 224 g/mol. The average molecular weight is 242 g/mol. The predicted molar refractivity (Wildman–Crippen MR) is 74.0 cm³/mol. The van der Waals surface area contributed by atoms with E-state index in [-0.39, 0.29) is 5.75 Å². The molecule has 2 heteroatoms. The van der Waals surface area contributed by atoms with E-state index in [2.05, 4.69) is 6.92 Å². The molecule has 0 saturated carbocycles. The van der Waals surface area contributed by atoms with Gasteiger partial charge in [-0.25, -0.2) is 0 Å². The van der Waals surface area contributed by atoms with Gasteiger partial charge in [-0.2, -0.15) is 0 Å². The highest BCUT2D eigenvalue weighted by molar-refractivity contribution is 5.73. The van der Waals surface area contributed by atoms with Crippen LogP contribution in [0.25, 0.3) is 11.1 Å². The average Bonchev–Trinajstić information content (AvgIpc) is 2.38. The summed E-state index contributed by atoms with van der Waals surface area (Å²) < 4.78 is 0. The molecule has 0 atom stereocenters. The molecule has 2 N–H and O–H groups in total. The number of benzene rings is 2. The molecule has 0 heterocycles. The number of hydrogen-bond donors (Lipinski definition) is 2. The Kier molecular flexibility index (Phi) is 3.56. The zero-order valence-corrected chi connectivity index (χ0v) is 10.8. The maximum atomic E-state index is 9.92. The van der Waals surface area contributed by atoms with Crippen LogP contribution in [-0.4, -0.2) is 10.2 Å².